The Morgan fingerprint density at radius 2 is 1.78 bits per heavy atom. The van der Waals surface area contributed by atoms with E-state index in [9.17, 15) is 9.59 Å². The molecule has 0 aromatic rings. The molecule has 0 radical (unpaired) electrons. The molecule has 1 saturated carbocycles. The molecule has 2 aliphatic rings. The number of hydrogen-bond acceptors (Lipinski definition) is 3. The van der Waals surface area contributed by atoms with Crippen molar-refractivity contribution in [2.24, 2.45) is 11.7 Å². The molecule has 0 bridgehead atoms. The van der Waals surface area contributed by atoms with Crippen molar-refractivity contribution in [2.75, 3.05) is 39.3 Å². The van der Waals surface area contributed by atoms with Crippen LogP contribution in [0.25, 0.3) is 0 Å². The molecular formula is C17H32N4O2. The zero-order chi connectivity index (χ0) is 16.5. The molecule has 0 aromatic heterocycles. The summed E-state index contributed by atoms with van der Waals surface area (Å²) in [6.07, 6.45) is 10.1. The number of carbonyl (C=O) groups excluding carboxylic acids is 2. The number of carbonyl (C=O) groups is 2. The Morgan fingerprint density at radius 3 is 2.52 bits per heavy atom. The summed E-state index contributed by atoms with van der Waals surface area (Å²) in [5, 5.41) is 3.04. The summed E-state index contributed by atoms with van der Waals surface area (Å²) in [7, 11) is 0. The van der Waals surface area contributed by atoms with Crippen LogP contribution in [-0.4, -0.2) is 61.0 Å². The van der Waals surface area contributed by atoms with Crippen LogP contribution in [0.2, 0.25) is 0 Å². The lowest BCUT2D eigenvalue weighted by Gasteiger charge is -2.22. The van der Waals surface area contributed by atoms with Gasteiger partial charge < -0.3 is 16.0 Å². The van der Waals surface area contributed by atoms with Crippen LogP contribution in [0.4, 0.5) is 4.79 Å². The molecule has 23 heavy (non-hydrogen) atoms. The van der Waals surface area contributed by atoms with Crippen molar-refractivity contribution in [2.45, 2.75) is 51.4 Å². The maximum absolute atomic E-state index is 12.0. The molecule has 1 saturated heterocycles. The van der Waals surface area contributed by atoms with Gasteiger partial charge in [0, 0.05) is 32.7 Å². The Hall–Kier alpha value is -1.30. The van der Waals surface area contributed by atoms with Crippen LogP contribution in [0.15, 0.2) is 0 Å². The van der Waals surface area contributed by atoms with Gasteiger partial charge in [0.25, 0.3) is 0 Å². The number of primary amides is 1. The number of nitrogens with two attached hydrogens (primary N) is 1. The summed E-state index contributed by atoms with van der Waals surface area (Å²) in [5.41, 5.74) is 5.31. The van der Waals surface area contributed by atoms with Crippen molar-refractivity contribution in [3.63, 3.8) is 0 Å². The zero-order valence-electron chi connectivity index (χ0n) is 14.3. The molecule has 2 rings (SSSR count). The van der Waals surface area contributed by atoms with Crippen molar-refractivity contribution in [1.82, 2.24) is 15.1 Å². The average Bonchev–Trinajstić information content (AvgIpc) is 2.78. The lowest BCUT2D eigenvalue weighted by Crippen LogP contribution is -2.41. The molecule has 0 atom stereocenters. The monoisotopic (exact) mass is 324 g/mol. The largest absolute Gasteiger partial charge is 0.355 e. The van der Waals surface area contributed by atoms with Gasteiger partial charge in [-0.2, -0.15) is 0 Å². The molecule has 6 nitrogen and oxygen atoms in total. The highest BCUT2D eigenvalue weighted by molar-refractivity contribution is 5.78. The average molecular weight is 324 g/mol. The van der Waals surface area contributed by atoms with E-state index in [0.29, 0.717) is 19.6 Å². The van der Waals surface area contributed by atoms with Gasteiger partial charge in [-0.15, -0.1) is 0 Å². The molecule has 1 heterocycles. The van der Waals surface area contributed by atoms with Gasteiger partial charge >= 0.3 is 6.03 Å². The Balaban J connectivity index is 1.56. The number of amides is 3. The topological polar surface area (TPSA) is 78.7 Å². The van der Waals surface area contributed by atoms with Crippen LogP contribution in [0.5, 0.6) is 0 Å². The van der Waals surface area contributed by atoms with Crippen molar-refractivity contribution in [3.8, 4) is 0 Å². The van der Waals surface area contributed by atoms with E-state index in [2.05, 4.69) is 10.2 Å². The third kappa shape index (κ3) is 6.77. The van der Waals surface area contributed by atoms with Crippen LogP contribution in [0.1, 0.15) is 51.4 Å². The maximum Gasteiger partial charge on any atom is 0.314 e. The summed E-state index contributed by atoms with van der Waals surface area (Å²) in [4.78, 5) is 27.0. The fourth-order valence-electron chi connectivity index (χ4n) is 3.70. The molecule has 3 amide bonds. The normalized spacial score (nSPS) is 21.0. The standard InChI is InChI=1S/C17H32N4O2/c18-17(23)21-11-5-10-20(12-13-21)14-16(22)19-9-4-8-15-6-2-1-3-7-15/h15H,1-14H2,(H2,18,23)(H,19,22). The van der Waals surface area contributed by atoms with Crippen LogP contribution in [-0.2, 0) is 4.79 Å². The number of urea groups is 1. The molecule has 6 heteroatoms. The molecule has 0 spiro atoms. The summed E-state index contributed by atoms with van der Waals surface area (Å²) >= 11 is 0. The van der Waals surface area contributed by atoms with E-state index in [1.165, 1.54) is 38.5 Å². The molecule has 3 N–H and O–H groups in total. The minimum absolute atomic E-state index is 0.0983. The smallest absolute Gasteiger partial charge is 0.314 e. The van der Waals surface area contributed by atoms with Crippen molar-refractivity contribution >= 4 is 11.9 Å². The van der Waals surface area contributed by atoms with Crippen molar-refractivity contribution in [3.05, 3.63) is 0 Å². The van der Waals surface area contributed by atoms with Gasteiger partial charge in [-0.05, 0) is 25.2 Å². The Labute approximate surface area is 139 Å². The first-order valence-corrected chi connectivity index (χ1v) is 9.18. The first-order chi connectivity index (χ1) is 11.1. The molecular weight excluding hydrogens is 292 g/mol. The van der Waals surface area contributed by atoms with E-state index >= 15 is 0 Å². The SMILES string of the molecule is NC(=O)N1CCCN(CC(=O)NCCCC2CCCCC2)CC1. The Morgan fingerprint density at radius 1 is 1.00 bits per heavy atom. The number of nitrogens with zero attached hydrogens (tertiary/aromatic N) is 2. The minimum Gasteiger partial charge on any atom is -0.355 e. The van der Waals surface area contributed by atoms with Crippen molar-refractivity contribution < 1.29 is 9.59 Å². The number of rotatable bonds is 6. The third-order valence-electron chi connectivity index (χ3n) is 5.10. The van der Waals surface area contributed by atoms with Gasteiger partial charge in [-0.1, -0.05) is 32.1 Å². The highest BCUT2D eigenvalue weighted by Gasteiger charge is 2.18. The lowest BCUT2D eigenvalue weighted by atomic mass is 9.86. The maximum atomic E-state index is 12.0. The summed E-state index contributed by atoms with van der Waals surface area (Å²) < 4.78 is 0. The molecule has 0 aromatic carbocycles. The van der Waals surface area contributed by atoms with E-state index in [-0.39, 0.29) is 11.9 Å². The van der Waals surface area contributed by atoms with Gasteiger partial charge in [0.1, 0.15) is 0 Å². The molecule has 0 unspecified atom stereocenters. The fourth-order valence-corrected chi connectivity index (χ4v) is 3.70. The highest BCUT2D eigenvalue weighted by atomic mass is 16.2. The minimum atomic E-state index is -0.362. The second kappa shape index (κ2) is 9.75. The summed E-state index contributed by atoms with van der Waals surface area (Å²) in [6, 6.07) is -0.362. The molecule has 1 aliphatic heterocycles. The second-order valence-corrected chi connectivity index (χ2v) is 6.95. The predicted octanol–water partition coefficient (Wildman–Crippen LogP) is 1.55. The van der Waals surface area contributed by atoms with Gasteiger partial charge in [-0.25, -0.2) is 4.79 Å². The van der Waals surface area contributed by atoms with Crippen molar-refractivity contribution in [1.29, 1.82) is 0 Å². The third-order valence-corrected chi connectivity index (χ3v) is 5.10. The highest BCUT2D eigenvalue weighted by Crippen LogP contribution is 2.26. The Bertz CT molecular complexity index is 383. The predicted molar refractivity (Wildman–Crippen MR) is 91.0 cm³/mol. The Kier molecular flexibility index (Phi) is 7.65. The van der Waals surface area contributed by atoms with E-state index in [1.807, 2.05) is 0 Å². The molecule has 1 aliphatic carbocycles. The first kappa shape index (κ1) is 18.0. The van der Waals surface area contributed by atoms with E-state index in [1.54, 1.807) is 4.90 Å². The van der Waals surface area contributed by atoms with Crippen LogP contribution >= 0.6 is 0 Å². The van der Waals surface area contributed by atoms with Gasteiger partial charge in [0.05, 0.1) is 6.54 Å². The van der Waals surface area contributed by atoms with Gasteiger partial charge in [-0.3, -0.25) is 9.69 Å². The van der Waals surface area contributed by atoms with Crippen LogP contribution in [0.3, 0.4) is 0 Å². The molecule has 2 fully saturated rings. The van der Waals surface area contributed by atoms with Crippen LogP contribution in [0, 0.1) is 5.92 Å². The van der Waals surface area contributed by atoms with Gasteiger partial charge in [0.15, 0.2) is 0 Å². The van der Waals surface area contributed by atoms with E-state index in [0.717, 1.165) is 38.4 Å². The summed E-state index contributed by atoms with van der Waals surface area (Å²) in [5.74, 6) is 0.979. The fraction of sp³-hybridized carbons (Fsp3) is 0.882. The second-order valence-electron chi connectivity index (χ2n) is 6.95. The first-order valence-electron chi connectivity index (χ1n) is 9.18. The van der Waals surface area contributed by atoms with E-state index < -0.39 is 0 Å². The number of nitrogens with one attached hydrogen (secondary N) is 1. The van der Waals surface area contributed by atoms with E-state index in [4.69, 9.17) is 5.73 Å². The van der Waals surface area contributed by atoms with Crippen LogP contribution < -0.4 is 11.1 Å². The molecule has 132 valence electrons. The summed E-state index contributed by atoms with van der Waals surface area (Å²) in [6.45, 7) is 4.09. The van der Waals surface area contributed by atoms with Gasteiger partial charge in [0.2, 0.25) is 5.91 Å². The zero-order valence-corrected chi connectivity index (χ0v) is 14.3. The number of hydrogen-bond donors (Lipinski definition) is 2. The quantitative estimate of drug-likeness (QED) is 0.728. The lowest BCUT2D eigenvalue weighted by molar-refractivity contribution is -0.122.